The molecule has 1 heteroatoms. The molecule has 0 heterocycles. The molecule has 4 aliphatic carbocycles. The van der Waals surface area contributed by atoms with Crippen LogP contribution in [0.5, 0.6) is 0 Å². The van der Waals surface area contributed by atoms with Gasteiger partial charge in [-0.3, -0.25) is 0 Å². The van der Waals surface area contributed by atoms with Gasteiger partial charge in [0.1, 0.15) is 6.29 Å². The number of rotatable bonds is 2. The highest BCUT2D eigenvalue weighted by Gasteiger charge is 2.56. The van der Waals surface area contributed by atoms with Crippen molar-refractivity contribution in [1.29, 1.82) is 0 Å². The molecule has 0 aromatic carbocycles. The van der Waals surface area contributed by atoms with Gasteiger partial charge in [-0.05, 0) is 61.7 Å². The van der Waals surface area contributed by atoms with Crippen LogP contribution in [0, 0.1) is 28.6 Å². The highest BCUT2D eigenvalue weighted by atomic mass is 16.1. The average molecular weight is 206 g/mol. The lowest BCUT2D eigenvalue weighted by Gasteiger charge is -2.61. The van der Waals surface area contributed by atoms with E-state index in [4.69, 9.17) is 0 Å². The van der Waals surface area contributed by atoms with Gasteiger partial charge in [-0.1, -0.05) is 13.8 Å². The van der Waals surface area contributed by atoms with Crippen LogP contribution in [0.3, 0.4) is 0 Å². The average Bonchev–Trinajstić information content (AvgIpc) is 2.15. The Morgan fingerprint density at radius 1 is 1.00 bits per heavy atom. The molecular formula is C14H22O. The molecule has 0 aromatic rings. The number of carbonyl (C=O) groups is 1. The fourth-order valence-electron chi connectivity index (χ4n) is 5.02. The standard InChI is InChI=1S/C14H22O/c1-13(2,9-15)14-6-10-3-11(7-14)5-12(4-10)8-14/h9-12H,3-8H2,1-2H3. The fourth-order valence-corrected chi connectivity index (χ4v) is 5.02. The van der Waals surface area contributed by atoms with E-state index in [0.717, 1.165) is 17.8 Å². The number of hydrogen-bond donors (Lipinski definition) is 0. The largest absolute Gasteiger partial charge is 0.303 e. The van der Waals surface area contributed by atoms with Gasteiger partial charge in [0.2, 0.25) is 0 Å². The second-order valence-corrected chi connectivity index (χ2v) is 7.04. The Hall–Kier alpha value is -0.330. The summed E-state index contributed by atoms with van der Waals surface area (Å²) in [6, 6.07) is 0. The van der Waals surface area contributed by atoms with Crippen molar-refractivity contribution in [3.05, 3.63) is 0 Å². The Kier molecular flexibility index (Phi) is 1.88. The molecule has 15 heavy (non-hydrogen) atoms. The molecule has 4 rings (SSSR count). The van der Waals surface area contributed by atoms with Gasteiger partial charge in [0.05, 0.1) is 0 Å². The van der Waals surface area contributed by atoms with E-state index >= 15 is 0 Å². The van der Waals surface area contributed by atoms with Crippen LogP contribution in [0.25, 0.3) is 0 Å². The molecule has 4 bridgehead atoms. The lowest BCUT2D eigenvalue weighted by molar-refractivity contribution is -0.143. The van der Waals surface area contributed by atoms with E-state index in [-0.39, 0.29) is 5.41 Å². The van der Waals surface area contributed by atoms with Gasteiger partial charge >= 0.3 is 0 Å². The van der Waals surface area contributed by atoms with E-state index in [1.54, 1.807) is 0 Å². The molecule has 0 saturated heterocycles. The molecule has 1 nitrogen and oxygen atoms in total. The van der Waals surface area contributed by atoms with Crippen molar-refractivity contribution >= 4 is 6.29 Å². The molecule has 0 spiro atoms. The highest BCUT2D eigenvalue weighted by Crippen LogP contribution is 2.65. The molecular weight excluding hydrogens is 184 g/mol. The van der Waals surface area contributed by atoms with Crippen LogP contribution in [0.2, 0.25) is 0 Å². The molecule has 0 radical (unpaired) electrons. The maximum absolute atomic E-state index is 11.3. The molecule has 0 aromatic heterocycles. The van der Waals surface area contributed by atoms with Gasteiger partial charge in [-0.2, -0.15) is 0 Å². The third kappa shape index (κ3) is 1.24. The minimum Gasteiger partial charge on any atom is -0.303 e. The molecule has 84 valence electrons. The zero-order valence-corrected chi connectivity index (χ0v) is 9.96. The molecule has 0 N–H and O–H groups in total. The van der Waals surface area contributed by atoms with Crippen LogP contribution in [0.4, 0.5) is 0 Å². The Morgan fingerprint density at radius 2 is 1.40 bits per heavy atom. The maximum Gasteiger partial charge on any atom is 0.126 e. The minimum absolute atomic E-state index is 0.0803. The monoisotopic (exact) mass is 206 g/mol. The highest BCUT2D eigenvalue weighted by molar-refractivity contribution is 5.60. The summed E-state index contributed by atoms with van der Waals surface area (Å²) < 4.78 is 0. The fraction of sp³-hybridized carbons (Fsp3) is 0.929. The van der Waals surface area contributed by atoms with Crippen LogP contribution in [0.1, 0.15) is 52.4 Å². The van der Waals surface area contributed by atoms with Crippen molar-refractivity contribution in [3.63, 3.8) is 0 Å². The van der Waals surface area contributed by atoms with Crippen molar-refractivity contribution in [2.45, 2.75) is 52.4 Å². The predicted molar refractivity (Wildman–Crippen MR) is 60.5 cm³/mol. The van der Waals surface area contributed by atoms with Crippen molar-refractivity contribution in [2.24, 2.45) is 28.6 Å². The Labute approximate surface area is 92.6 Å². The van der Waals surface area contributed by atoms with Crippen molar-refractivity contribution < 1.29 is 4.79 Å². The van der Waals surface area contributed by atoms with Crippen molar-refractivity contribution in [1.82, 2.24) is 0 Å². The first-order valence-corrected chi connectivity index (χ1v) is 6.51. The second-order valence-electron chi connectivity index (χ2n) is 7.04. The summed E-state index contributed by atoms with van der Waals surface area (Å²) >= 11 is 0. The van der Waals surface area contributed by atoms with Crippen molar-refractivity contribution in [2.75, 3.05) is 0 Å². The number of hydrogen-bond acceptors (Lipinski definition) is 1. The zero-order chi connectivity index (χ0) is 10.7. The Bertz CT molecular complexity index is 254. The van der Waals surface area contributed by atoms with Gasteiger partial charge in [-0.15, -0.1) is 0 Å². The van der Waals surface area contributed by atoms with Gasteiger partial charge in [0.15, 0.2) is 0 Å². The molecule has 0 aliphatic heterocycles. The van der Waals surface area contributed by atoms with Crippen LogP contribution < -0.4 is 0 Å². The van der Waals surface area contributed by atoms with E-state index < -0.39 is 0 Å². The van der Waals surface area contributed by atoms with Crippen LogP contribution in [-0.4, -0.2) is 6.29 Å². The SMILES string of the molecule is CC(C)(C=O)C12CC3CC(CC(C3)C1)C2. The summed E-state index contributed by atoms with van der Waals surface area (Å²) in [5, 5.41) is 0. The summed E-state index contributed by atoms with van der Waals surface area (Å²) in [5.41, 5.74) is 0.298. The van der Waals surface area contributed by atoms with Gasteiger partial charge in [-0.25, -0.2) is 0 Å². The first-order valence-electron chi connectivity index (χ1n) is 6.51. The summed E-state index contributed by atoms with van der Waals surface area (Å²) in [5.74, 6) is 2.86. The third-order valence-electron chi connectivity index (χ3n) is 5.70. The van der Waals surface area contributed by atoms with E-state index in [1.165, 1.54) is 44.8 Å². The van der Waals surface area contributed by atoms with Crippen LogP contribution in [0.15, 0.2) is 0 Å². The minimum atomic E-state index is -0.0803. The third-order valence-corrected chi connectivity index (χ3v) is 5.70. The van der Waals surface area contributed by atoms with E-state index in [0.29, 0.717) is 5.41 Å². The summed E-state index contributed by atoms with van der Waals surface area (Å²) in [6.45, 7) is 4.35. The topological polar surface area (TPSA) is 17.1 Å². The van der Waals surface area contributed by atoms with Gasteiger partial charge in [0.25, 0.3) is 0 Å². The van der Waals surface area contributed by atoms with E-state index in [2.05, 4.69) is 13.8 Å². The van der Waals surface area contributed by atoms with Crippen molar-refractivity contribution in [3.8, 4) is 0 Å². The summed E-state index contributed by atoms with van der Waals surface area (Å²) in [7, 11) is 0. The molecule has 0 atom stereocenters. The lowest BCUT2D eigenvalue weighted by Crippen LogP contribution is -2.53. The lowest BCUT2D eigenvalue weighted by atomic mass is 9.43. The second kappa shape index (κ2) is 2.87. The number of carbonyl (C=O) groups excluding carboxylic acids is 1. The summed E-state index contributed by atoms with van der Waals surface area (Å²) in [4.78, 5) is 11.3. The first kappa shape index (κ1) is 9.86. The van der Waals surface area contributed by atoms with Crippen LogP contribution >= 0.6 is 0 Å². The molecule has 4 aliphatic rings. The summed E-state index contributed by atoms with van der Waals surface area (Å²) in [6.07, 6.45) is 9.65. The smallest absolute Gasteiger partial charge is 0.126 e. The Balaban J connectivity index is 1.96. The normalized spacial score (nSPS) is 48.3. The first-order chi connectivity index (χ1) is 7.05. The molecule has 0 amide bonds. The van der Waals surface area contributed by atoms with E-state index in [9.17, 15) is 4.79 Å². The Morgan fingerprint density at radius 3 is 1.73 bits per heavy atom. The van der Waals surface area contributed by atoms with Gasteiger partial charge < -0.3 is 4.79 Å². The maximum atomic E-state index is 11.3. The van der Waals surface area contributed by atoms with E-state index in [1.807, 2.05) is 0 Å². The van der Waals surface area contributed by atoms with Crippen LogP contribution in [-0.2, 0) is 4.79 Å². The predicted octanol–water partition coefficient (Wildman–Crippen LogP) is 3.43. The van der Waals surface area contributed by atoms with Gasteiger partial charge in [0, 0.05) is 5.41 Å². The molecule has 4 saturated carbocycles. The number of aldehydes is 1. The molecule has 0 unspecified atom stereocenters. The quantitative estimate of drug-likeness (QED) is 0.633. The zero-order valence-electron chi connectivity index (χ0n) is 9.96. The molecule has 4 fully saturated rings.